The zero-order valence-electron chi connectivity index (χ0n) is 11.9. The zero-order chi connectivity index (χ0) is 15.7. The molecule has 3 rings (SSSR count). The van der Waals surface area contributed by atoms with Crippen LogP contribution in [0.4, 0.5) is 0 Å². The Morgan fingerprint density at radius 1 is 0.955 bits per heavy atom. The summed E-state index contributed by atoms with van der Waals surface area (Å²) in [4.78, 5) is 11.4. The molecule has 0 unspecified atom stereocenters. The third kappa shape index (κ3) is 2.41. The molecule has 0 saturated carbocycles. The van der Waals surface area contributed by atoms with Gasteiger partial charge in [0.2, 0.25) is 9.84 Å². The first-order valence-electron chi connectivity index (χ1n) is 7.16. The lowest BCUT2D eigenvalue weighted by atomic mass is 9.86. The third-order valence-electron chi connectivity index (χ3n) is 4.05. The number of rotatable bonds is 4. The Hall–Kier alpha value is -2.14. The molecular weight excluding hydrogens is 300 g/mol. The minimum absolute atomic E-state index is 0.0738. The standard InChI is InChI=1S/C17H16O4S/c18-17(19)11-5-8-12-13-6-1-3-9-15(13)22(20,21)16-10-4-2-7-14(12)16/h1-4,6-7,9-10,12H,5,8,11H2,(H,18,19). The van der Waals surface area contributed by atoms with Crippen LogP contribution in [0.3, 0.4) is 0 Å². The number of fused-ring (bicyclic) bond motifs is 2. The van der Waals surface area contributed by atoms with Crippen molar-refractivity contribution in [2.45, 2.75) is 35.0 Å². The average Bonchev–Trinajstić information content (AvgIpc) is 2.51. The highest BCUT2D eigenvalue weighted by molar-refractivity contribution is 7.91. The fourth-order valence-corrected chi connectivity index (χ4v) is 4.87. The molecule has 0 bridgehead atoms. The van der Waals surface area contributed by atoms with Gasteiger partial charge < -0.3 is 5.11 Å². The molecule has 0 spiro atoms. The van der Waals surface area contributed by atoms with E-state index in [1.807, 2.05) is 24.3 Å². The van der Waals surface area contributed by atoms with Crippen LogP contribution in [0.15, 0.2) is 58.3 Å². The highest BCUT2D eigenvalue weighted by Gasteiger charge is 2.34. The summed E-state index contributed by atoms with van der Waals surface area (Å²) >= 11 is 0. The van der Waals surface area contributed by atoms with Crippen molar-refractivity contribution in [3.05, 3.63) is 59.7 Å². The van der Waals surface area contributed by atoms with Crippen LogP contribution in [0.2, 0.25) is 0 Å². The lowest BCUT2D eigenvalue weighted by Gasteiger charge is -2.28. The molecule has 0 radical (unpaired) electrons. The molecule has 4 nitrogen and oxygen atoms in total. The molecule has 2 aromatic rings. The van der Waals surface area contributed by atoms with Crippen molar-refractivity contribution in [1.29, 1.82) is 0 Å². The summed E-state index contributed by atoms with van der Waals surface area (Å²) in [5.41, 5.74) is 1.54. The number of carboxylic acids is 1. The van der Waals surface area contributed by atoms with Crippen LogP contribution < -0.4 is 0 Å². The molecule has 1 N–H and O–H groups in total. The predicted octanol–water partition coefficient (Wildman–Crippen LogP) is 3.22. The van der Waals surface area contributed by atoms with Crippen molar-refractivity contribution >= 4 is 15.8 Å². The van der Waals surface area contributed by atoms with E-state index >= 15 is 0 Å². The molecule has 0 aromatic heterocycles. The Balaban J connectivity index is 2.10. The smallest absolute Gasteiger partial charge is 0.303 e. The fourth-order valence-electron chi connectivity index (χ4n) is 3.08. The summed E-state index contributed by atoms with van der Waals surface area (Å²) < 4.78 is 25.5. The number of benzene rings is 2. The first-order valence-corrected chi connectivity index (χ1v) is 8.65. The zero-order valence-corrected chi connectivity index (χ0v) is 12.7. The predicted molar refractivity (Wildman–Crippen MR) is 81.7 cm³/mol. The van der Waals surface area contributed by atoms with Gasteiger partial charge in [0.1, 0.15) is 0 Å². The van der Waals surface area contributed by atoms with Crippen molar-refractivity contribution in [3.8, 4) is 0 Å². The summed E-state index contributed by atoms with van der Waals surface area (Å²) in [5, 5.41) is 8.82. The minimum Gasteiger partial charge on any atom is -0.481 e. The van der Waals surface area contributed by atoms with Gasteiger partial charge in [-0.25, -0.2) is 8.42 Å². The SMILES string of the molecule is O=C(O)CCCC1c2ccccc2S(=O)(=O)c2ccccc21. The molecule has 0 saturated heterocycles. The number of hydrogen-bond donors (Lipinski definition) is 1. The quantitative estimate of drug-likeness (QED) is 0.940. The summed E-state index contributed by atoms with van der Waals surface area (Å²) in [6.45, 7) is 0. The van der Waals surface area contributed by atoms with E-state index in [9.17, 15) is 13.2 Å². The molecular formula is C17H16O4S. The fraction of sp³-hybridized carbons (Fsp3) is 0.235. The molecule has 5 heteroatoms. The maximum Gasteiger partial charge on any atom is 0.303 e. The van der Waals surface area contributed by atoms with E-state index in [-0.39, 0.29) is 12.3 Å². The van der Waals surface area contributed by atoms with Gasteiger partial charge in [0, 0.05) is 12.3 Å². The highest BCUT2D eigenvalue weighted by Crippen LogP contribution is 2.43. The van der Waals surface area contributed by atoms with Gasteiger partial charge in [0.15, 0.2) is 0 Å². The third-order valence-corrected chi connectivity index (χ3v) is 5.95. The Bertz CT molecular complexity index is 771. The van der Waals surface area contributed by atoms with E-state index in [1.54, 1.807) is 24.3 Å². The van der Waals surface area contributed by atoms with Crippen LogP contribution in [0.5, 0.6) is 0 Å². The summed E-state index contributed by atoms with van der Waals surface area (Å²) in [5.74, 6) is -0.903. The summed E-state index contributed by atoms with van der Waals surface area (Å²) in [6.07, 6.45) is 1.23. The van der Waals surface area contributed by atoms with Crippen molar-refractivity contribution in [2.24, 2.45) is 0 Å². The molecule has 22 heavy (non-hydrogen) atoms. The largest absolute Gasteiger partial charge is 0.481 e. The normalized spacial score (nSPS) is 15.8. The Labute approximate surface area is 129 Å². The molecule has 1 heterocycles. The van der Waals surface area contributed by atoms with Gasteiger partial charge in [0.05, 0.1) is 9.79 Å². The maximum absolute atomic E-state index is 12.7. The minimum atomic E-state index is -3.49. The molecule has 0 amide bonds. The second kappa shape index (κ2) is 5.57. The second-order valence-corrected chi connectivity index (χ2v) is 7.30. The van der Waals surface area contributed by atoms with Gasteiger partial charge >= 0.3 is 5.97 Å². The van der Waals surface area contributed by atoms with Crippen LogP contribution in [-0.4, -0.2) is 19.5 Å². The average molecular weight is 316 g/mol. The van der Waals surface area contributed by atoms with Gasteiger partial charge in [0.25, 0.3) is 0 Å². The summed E-state index contributed by atoms with van der Waals surface area (Å²) in [7, 11) is -3.49. The summed E-state index contributed by atoms with van der Waals surface area (Å²) in [6, 6.07) is 14.0. The van der Waals surface area contributed by atoms with Crippen molar-refractivity contribution in [2.75, 3.05) is 0 Å². The lowest BCUT2D eigenvalue weighted by molar-refractivity contribution is -0.137. The van der Waals surface area contributed by atoms with E-state index in [4.69, 9.17) is 5.11 Å². The molecule has 2 aromatic carbocycles. The lowest BCUT2D eigenvalue weighted by Crippen LogP contribution is -2.19. The van der Waals surface area contributed by atoms with Crippen molar-refractivity contribution in [3.63, 3.8) is 0 Å². The first kappa shape index (κ1) is 14.8. The van der Waals surface area contributed by atoms with Crippen molar-refractivity contribution in [1.82, 2.24) is 0 Å². The molecule has 1 aliphatic heterocycles. The van der Waals surface area contributed by atoms with Gasteiger partial charge in [-0.15, -0.1) is 0 Å². The van der Waals surface area contributed by atoms with E-state index in [2.05, 4.69) is 0 Å². The Morgan fingerprint density at radius 2 is 1.45 bits per heavy atom. The van der Waals surface area contributed by atoms with Crippen molar-refractivity contribution < 1.29 is 18.3 Å². The number of aliphatic carboxylic acids is 1. The van der Waals surface area contributed by atoms with E-state index in [1.165, 1.54) is 0 Å². The monoisotopic (exact) mass is 316 g/mol. The van der Waals surface area contributed by atoms with Crippen LogP contribution in [0.25, 0.3) is 0 Å². The van der Waals surface area contributed by atoms with Gasteiger partial charge in [-0.2, -0.15) is 0 Å². The van der Waals surface area contributed by atoms with E-state index in [0.29, 0.717) is 22.6 Å². The van der Waals surface area contributed by atoms with Gasteiger partial charge in [-0.3, -0.25) is 4.79 Å². The van der Waals surface area contributed by atoms with Crippen LogP contribution >= 0.6 is 0 Å². The molecule has 0 fully saturated rings. The highest BCUT2D eigenvalue weighted by atomic mass is 32.2. The number of carboxylic acid groups (broad SMARTS) is 1. The Kier molecular flexibility index (Phi) is 3.74. The number of sulfone groups is 1. The topological polar surface area (TPSA) is 71.4 Å². The van der Waals surface area contributed by atoms with Gasteiger partial charge in [-0.05, 0) is 36.1 Å². The molecule has 0 atom stereocenters. The van der Waals surface area contributed by atoms with Crippen LogP contribution in [0.1, 0.15) is 36.3 Å². The number of carbonyl (C=O) groups is 1. The maximum atomic E-state index is 12.7. The van der Waals surface area contributed by atoms with Crippen LogP contribution in [0, 0.1) is 0 Å². The van der Waals surface area contributed by atoms with Gasteiger partial charge in [-0.1, -0.05) is 36.4 Å². The number of hydrogen-bond acceptors (Lipinski definition) is 3. The van der Waals surface area contributed by atoms with E-state index < -0.39 is 15.8 Å². The second-order valence-electron chi connectivity index (χ2n) is 5.42. The molecule has 114 valence electrons. The Morgan fingerprint density at radius 3 is 1.95 bits per heavy atom. The molecule has 1 aliphatic rings. The van der Waals surface area contributed by atoms with E-state index in [0.717, 1.165) is 11.1 Å². The molecule has 0 aliphatic carbocycles. The van der Waals surface area contributed by atoms with Crippen LogP contribution in [-0.2, 0) is 14.6 Å². The first-order chi connectivity index (χ1) is 10.5.